The van der Waals surface area contributed by atoms with Crippen LogP contribution in [0.2, 0.25) is 0 Å². The van der Waals surface area contributed by atoms with Crippen molar-refractivity contribution in [3.63, 3.8) is 0 Å². The second-order valence-electron chi connectivity index (χ2n) is 5.19. The van der Waals surface area contributed by atoms with Crippen molar-refractivity contribution >= 4 is 39.6 Å². The summed E-state index contributed by atoms with van der Waals surface area (Å²) >= 11 is 3.14. The summed E-state index contributed by atoms with van der Waals surface area (Å²) in [6.45, 7) is 0. The Balaban J connectivity index is 1.42. The number of fused-ring (bicyclic) bond motifs is 1. The molecule has 126 valence electrons. The number of benzene rings is 1. The van der Waals surface area contributed by atoms with Gasteiger partial charge in [0.2, 0.25) is 5.13 Å². The van der Waals surface area contributed by atoms with E-state index in [0.29, 0.717) is 0 Å². The second kappa shape index (κ2) is 7.12. The Hall–Kier alpha value is -2.58. The standard InChI is InChI=1S/C17H15N5OS2/c1-23-14-7-3-2-6-13(14)19-16-20-21-17(25-16)24-11-12-10-22-9-5-4-8-15(22)18-12/h2-10H,11H2,1H3,(H,19,20). The number of rotatable bonds is 6. The maximum Gasteiger partial charge on any atom is 0.210 e. The molecule has 0 aliphatic carbocycles. The van der Waals surface area contributed by atoms with E-state index in [1.54, 1.807) is 18.9 Å². The molecular formula is C17H15N5OS2. The van der Waals surface area contributed by atoms with Crippen molar-refractivity contribution in [2.75, 3.05) is 12.4 Å². The number of anilines is 2. The van der Waals surface area contributed by atoms with Crippen LogP contribution in [-0.2, 0) is 5.75 Å². The molecule has 0 unspecified atom stereocenters. The van der Waals surface area contributed by atoms with Crippen LogP contribution in [0.3, 0.4) is 0 Å². The minimum atomic E-state index is 0.738. The molecule has 1 N–H and O–H groups in total. The molecule has 0 aliphatic heterocycles. The van der Waals surface area contributed by atoms with Crippen molar-refractivity contribution in [2.45, 2.75) is 10.1 Å². The predicted octanol–water partition coefficient (Wildman–Crippen LogP) is 4.23. The van der Waals surface area contributed by atoms with Crippen molar-refractivity contribution in [1.29, 1.82) is 0 Å². The lowest BCUT2D eigenvalue weighted by Crippen LogP contribution is -1.93. The van der Waals surface area contributed by atoms with Crippen molar-refractivity contribution in [3.8, 4) is 5.75 Å². The fraction of sp³-hybridized carbons (Fsp3) is 0.118. The van der Waals surface area contributed by atoms with E-state index in [9.17, 15) is 0 Å². The Morgan fingerprint density at radius 2 is 2.04 bits per heavy atom. The minimum Gasteiger partial charge on any atom is -0.495 e. The predicted molar refractivity (Wildman–Crippen MR) is 101 cm³/mol. The second-order valence-corrected chi connectivity index (χ2v) is 7.39. The fourth-order valence-electron chi connectivity index (χ4n) is 2.37. The third kappa shape index (κ3) is 3.59. The van der Waals surface area contributed by atoms with Crippen LogP contribution in [0.5, 0.6) is 5.75 Å². The monoisotopic (exact) mass is 369 g/mol. The lowest BCUT2D eigenvalue weighted by atomic mass is 10.3. The molecule has 4 rings (SSSR count). The molecule has 0 saturated heterocycles. The Labute approximate surface area is 152 Å². The number of thioether (sulfide) groups is 1. The zero-order valence-electron chi connectivity index (χ0n) is 13.4. The number of hydrogen-bond donors (Lipinski definition) is 1. The number of methoxy groups -OCH3 is 1. The highest BCUT2D eigenvalue weighted by atomic mass is 32.2. The van der Waals surface area contributed by atoms with Gasteiger partial charge in [0.15, 0.2) is 4.34 Å². The van der Waals surface area contributed by atoms with E-state index in [1.165, 1.54) is 11.3 Å². The number of hydrogen-bond acceptors (Lipinski definition) is 7. The first-order chi connectivity index (χ1) is 12.3. The first kappa shape index (κ1) is 15.9. The highest BCUT2D eigenvalue weighted by Gasteiger charge is 2.09. The van der Waals surface area contributed by atoms with E-state index in [-0.39, 0.29) is 0 Å². The Kier molecular flexibility index (Phi) is 4.53. The summed E-state index contributed by atoms with van der Waals surface area (Å²) in [5.41, 5.74) is 2.84. The highest BCUT2D eigenvalue weighted by molar-refractivity contribution is 8.00. The number of pyridine rings is 1. The number of imidazole rings is 1. The quantitative estimate of drug-likeness (QED) is 0.513. The van der Waals surface area contributed by atoms with Crippen molar-refractivity contribution in [1.82, 2.24) is 19.6 Å². The molecule has 4 aromatic rings. The van der Waals surface area contributed by atoms with Crippen LogP contribution in [0.15, 0.2) is 59.2 Å². The lowest BCUT2D eigenvalue weighted by Gasteiger charge is -2.07. The fourth-order valence-corrected chi connectivity index (χ4v) is 4.02. The lowest BCUT2D eigenvalue weighted by molar-refractivity contribution is 0.417. The summed E-state index contributed by atoms with van der Waals surface area (Å²) in [6, 6.07) is 13.7. The van der Waals surface area contributed by atoms with Gasteiger partial charge < -0.3 is 14.5 Å². The molecular weight excluding hydrogens is 354 g/mol. The van der Waals surface area contributed by atoms with Crippen LogP contribution >= 0.6 is 23.1 Å². The van der Waals surface area contributed by atoms with Gasteiger partial charge in [0.25, 0.3) is 0 Å². The maximum absolute atomic E-state index is 5.34. The van der Waals surface area contributed by atoms with Gasteiger partial charge in [0.05, 0.1) is 18.5 Å². The minimum absolute atomic E-state index is 0.738. The van der Waals surface area contributed by atoms with E-state index >= 15 is 0 Å². The molecule has 0 amide bonds. The molecule has 1 aromatic carbocycles. The van der Waals surface area contributed by atoms with Gasteiger partial charge in [-0.15, -0.1) is 10.2 Å². The average molecular weight is 369 g/mol. The highest BCUT2D eigenvalue weighted by Crippen LogP contribution is 2.32. The van der Waals surface area contributed by atoms with Gasteiger partial charge >= 0.3 is 0 Å². The van der Waals surface area contributed by atoms with E-state index < -0.39 is 0 Å². The van der Waals surface area contributed by atoms with Gasteiger partial charge in [0.1, 0.15) is 11.4 Å². The normalized spacial score (nSPS) is 10.9. The van der Waals surface area contributed by atoms with Crippen LogP contribution in [0.4, 0.5) is 10.8 Å². The van der Waals surface area contributed by atoms with Gasteiger partial charge in [0, 0.05) is 18.1 Å². The molecule has 8 heteroatoms. The van der Waals surface area contributed by atoms with E-state index in [1.807, 2.05) is 59.3 Å². The third-order valence-corrected chi connectivity index (χ3v) is 5.52. The largest absolute Gasteiger partial charge is 0.495 e. The van der Waals surface area contributed by atoms with Crippen LogP contribution < -0.4 is 10.1 Å². The SMILES string of the molecule is COc1ccccc1Nc1nnc(SCc2cn3ccccc3n2)s1. The zero-order valence-corrected chi connectivity index (χ0v) is 15.0. The van der Waals surface area contributed by atoms with Crippen molar-refractivity contribution in [3.05, 3.63) is 60.6 Å². The summed E-state index contributed by atoms with van der Waals surface area (Å²) in [7, 11) is 1.65. The number of para-hydroxylation sites is 2. The molecule has 0 spiro atoms. The van der Waals surface area contributed by atoms with Crippen molar-refractivity contribution < 1.29 is 4.74 Å². The molecule has 3 heterocycles. The number of nitrogens with one attached hydrogen (secondary N) is 1. The molecule has 25 heavy (non-hydrogen) atoms. The molecule has 3 aromatic heterocycles. The Morgan fingerprint density at radius 3 is 2.92 bits per heavy atom. The van der Waals surface area contributed by atoms with Gasteiger partial charge in [-0.3, -0.25) is 0 Å². The topological polar surface area (TPSA) is 64.3 Å². The number of ether oxygens (including phenoxy) is 1. The van der Waals surface area contributed by atoms with E-state index in [4.69, 9.17) is 4.74 Å². The first-order valence-electron chi connectivity index (χ1n) is 7.61. The van der Waals surface area contributed by atoms with Gasteiger partial charge in [-0.2, -0.15) is 0 Å². The van der Waals surface area contributed by atoms with Gasteiger partial charge in [-0.25, -0.2) is 4.98 Å². The maximum atomic E-state index is 5.34. The molecule has 0 atom stereocenters. The van der Waals surface area contributed by atoms with Crippen LogP contribution in [0.25, 0.3) is 5.65 Å². The molecule has 0 saturated carbocycles. The molecule has 0 fully saturated rings. The first-order valence-corrected chi connectivity index (χ1v) is 9.41. The van der Waals surface area contributed by atoms with E-state index in [2.05, 4.69) is 20.5 Å². The smallest absolute Gasteiger partial charge is 0.210 e. The van der Waals surface area contributed by atoms with Crippen LogP contribution in [0, 0.1) is 0 Å². The Morgan fingerprint density at radius 1 is 1.16 bits per heavy atom. The summed E-state index contributed by atoms with van der Waals surface area (Å²) < 4.78 is 8.25. The van der Waals surface area contributed by atoms with Gasteiger partial charge in [-0.05, 0) is 24.3 Å². The number of nitrogens with zero attached hydrogens (tertiary/aromatic N) is 4. The number of aromatic nitrogens is 4. The molecule has 0 aliphatic rings. The average Bonchev–Trinajstić information content (AvgIpc) is 3.26. The van der Waals surface area contributed by atoms with Crippen LogP contribution in [-0.4, -0.2) is 26.7 Å². The molecule has 6 nitrogen and oxygen atoms in total. The van der Waals surface area contributed by atoms with Crippen LogP contribution in [0.1, 0.15) is 5.69 Å². The van der Waals surface area contributed by atoms with Gasteiger partial charge in [-0.1, -0.05) is 41.3 Å². The molecule has 0 radical (unpaired) electrons. The summed E-state index contributed by atoms with van der Waals surface area (Å²) in [4.78, 5) is 4.59. The zero-order chi connectivity index (χ0) is 17.1. The van der Waals surface area contributed by atoms with E-state index in [0.717, 1.165) is 38.0 Å². The van der Waals surface area contributed by atoms with Crippen molar-refractivity contribution in [2.24, 2.45) is 0 Å². The summed E-state index contributed by atoms with van der Waals surface area (Å²) in [6.07, 6.45) is 4.04. The molecule has 0 bridgehead atoms. The third-order valence-electron chi connectivity index (χ3n) is 3.51. The summed E-state index contributed by atoms with van der Waals surface area (Å²) in [5, 5.41) is 12.4. The summed E-state index contributed by atoms with van der Waals surface area (Å²) in [5.74, 6) is 1.53. The Bertz CT molecular complexity index is 964.